The van der Waals surface area contributed by atoms with E-state index < -0.39 is 0 Å². The third-order valence-corrected chi connectivity index (χ3v) is 5.04. The van der Waals surface area contributed by atoms with Gasteiger partial charge in [-0.3, -0.25) is 0 Å². The summed E-state index contributed by atoms with van der Waals surface area (Å²) < 4.78 is 1.19. The van der Waals surface area contributed by atoms with E-state index >= 15 is 0 Å². The molecule has 1 N–H and O–H groups in total. The van der Waals surface area contributed by atoms with Crippen LogP contribution >= 0.6 is 22.9 Å². The summed E-state index contributed by atoms with van der Waals surface area (Å²) in [6, 6.07) is 4.52. The maximum atomic E-state index is 6.35. The van der Waals surface area contributed by atoms with Gasteiger partial charge in [0.2, 0.25) is 0 Å². The molecule has 1 aliphatic heterocycles. The highest BCUT2D eigenvalue weighted by molar-refractivity contribution is 7.16. The molecular formula is C15H20ClN3S. The number of nitrogens with one attached hydrogen (secondary N) is 1. The van der Waals surface area contributed by atoms with E-state index in [0.29, 0.717) is 6.04 Å². The van der Waals surface area contributed by atoms with Gasteiger partial charge in [-0.2, -0.15) is 0 Å². The molecule has 0 spiro atoms. The zero-order valence-corrected chi connectivity index (χ0v) is 13.3. The molecule has 1 aromatic heterocycles. The summed E-state index contributed by atoms with van der Waals surface area (Å²) in [5.74, 6) is 0. The Bertz CT molecular complexity index is 576. The van der Waals surface area contributed by atoms with Crippen molar-refractivity contribution in [2.45, 2.75) is 32.2 Å². The van der Waals surface area contributed by atoms with E-state index in [2.05, 4.69) is 22.1 Å². The second-order valence-electron chi connectivity index (χ2n) is 5.38. The second-order valence-corrected chi connectivity index (χ2v) is 6.68. The molecule has 3 rings (SSSR count). The number of hydrogen-bond acceptors (Lipinski definition) is 4. The molecule has 0 unspecified atom stereocenters. The lowest BCUT2D eigenvalue weighted by Gasteiger charge is -2.32. The fourth-order valence-corrected chi connectivity index (χ4v) is 3.76. The molecule has 2 aromatic rings. The van der Waals surface area contributed by atoms with Gasteiger partial charge >= 0.3 is 0 Å². The largest absolute Gasteiger partial charge is 0.379 e. The fourth-order valence-electron chi connectivity index (χ4n) is 2.87. The van der Waals surface area contributed by atoms with Crippen LogP contribution in [0.4, 0.5) is 5.69 Å². The Balaban J connectivity index is 1.71. The molecule has 5 heteroatoms. The Kier molecular flexibility index (Phi) is 4.44. The van der Waals surface area contributed by atoms with Crippen molar-refractivity contribution in [2.75, 3.05) is 25.0 Å². The number of aromatic nitrogens is 1. The summed E-state index contributed by atoms with van der Waals surface area (Å²) in [6.45, 7) is 5.81. The highest BCUT2D eigenvalue weighted by Crippen LogP contribution is 2.33. The molecule has 3 nitrogen and oxygen atoms in total. The van der Waals surface area contributed by atoms with Gasteiger partial charge in [0.1, 0.15) is 5.52 Å². The van der Waals surface area contributed by atoms with Crippen molar-refractivity contribution in [2.24, 2.45) is 0 Å². The minimum Gasteiger partial charge on any atom is -0.379 e. The van der Waals surface area contributed by atoms with E-state index in [1.165, 1.54) is 43.6 Å². The average Bonchev–Trinajstić information content (AvgIpc) is 2.93. The highest BCUT2D eigenvalue weighted by Gasteiger charge is 2.20. The fraction of sp³-hybridized carbons (Fsp3) is 0.533. The zero-order chi connectivity index (χ0) is 13.9. The highest BCUT2D eigenvalue weighted by atomic mass is 35.5. The lowest BCUT2D eigenvalue weighted by molar-refractivity contribution is 0.219. The van der Waals surface area contributed by atoms with Gasteiger partial charge in [-0.05, 0) is 37.9 Å². The van der Waals surface area contributed by atoms with Crippen molar-refractivity contribution in [1.29, 1.82) is 0 Å². The molecule has 1 saturated heterocycles. The predicted octanol–water partition coefficient (Wildman–Crippen LogP) is 4.24. The molecule has 0 aliphatic carbocycles. The molecule has 0 atom stereocenters. The monoisotopic (exact) mass is 309 g/mol. The number of nitrogens with zero attached hydrogens (tertiary/aromatic N) is 2. The summed E-state index contributed by atoms with van der Waals surface area (Å²) in [4.78, 5) is 7.00. The molecule has 2 heterocycles. The van der Waals surface area contributed by atoms with Crippen LogP contribution in [0, 0.1) is 0 Å². The first kappa shape index (κ1) is 14.1. The SMILES string of the molecule is CCCN1CCC(Nc2c(Cl)ccc3scnc23)CC1. The number of piperidine rings is 1. The predicted molar refractivity (Wildman–Crippen MR) is 88.0 cm³/mol. The Morgan fingerprint density at radius 2 is 2.20 bits per heavy atom. The second kappa shape index (κ2) is 6.29. The maximum absolute atomic E-state index is 6.35. The van der Waals surface area contributed by atoms with Gasteiger partial charge in [0.25, 0.3) is 0 Å². The van der Waals surface area contributed by atoms with E-state index in [4.69, 9.17) is 11.6 Å². The van der Waals surface area contributed by atoms with E-state index in [-0.39, 0.29) is 0 Å². The Labute approximate surface area is 128 Å². The zero-order valence-electron chi connectivity index (χ0n) is 11.7. The van der Waals surface area contributed by atoms with Gasteiger partial charge in [0, 0.05) is 19.1 Å². The molecule has 1 fully saturated rings. The molecule has 1 aromatic carbocycles. The third-order valence-electron chi connectivity index (χ3n) is 3.93. The number of fused-ring (bicyclic) bond motifs is 1. The van der Waals surface area contributed by atoms with Crippen LogP contribution in [0.1, 0.15) is 26.2 Å². The number of thiazole rings is 1. The van der Waals surface area contributed by atoms with Crippen molar-refractivity contribution < 1.29 is 0 Å². The molecule has 0 saturated carbocycles. The molecule has 108 valence electrons. The number of hydrogen-bond donors (Lipinski definition) is 1. The van der Waals surface area contributed by atoms with Crippen LogP contribution in [0.15, 0.2) is 17.6 Å². The summed E-state index contributed by atoms with van der Waals surface area (Å²) in [5.41, 5.74) is 3.91. The van der Waals surface area contributed by atoms with Gasteiger partial charge < -0.3 is 10.2 Å². The number of benzene rings is 1. The number of anilines is 1. The molecule has 1 aliphatic rings. The van der Waals surface area contributed by atoms with Crippen LogP contribution in [-0.4, -0.2) is 35.6 Å². The van der Waals surface area contributed by atoms with Gasteiger partial charge in [-0.1, -0.05) is 18.5 Å². The molecule has 0 amide bonds. The van der Waals surface area contributed by atoms with Crippen molar-refractivity contribution in [3.8, 4) is 0 Å². The van der Waals surface area contributed by atoms with Gasteiger partial charge in [-0.15, -0.1) is 11.3 Å². The van der Waals surface area contributed by atoms with Gasteiger partial charge in [0.15, 0.2) is 0 Å². The Morgan fingerprint density at radius 3 is 2.95 bits per heavy atom. The van der Waals surface area contributed by atoms with Crippen molar-refractivity contribution >= 4 is 38.8 Å². The number of rotatable bonds is 4. The smallest absolute Gasteiger partial charge is 0.106 e. The maximum Gasteiger partial charge on any atom is 0.106 e. The van der Waals surface area contributed by atoms with Gasteiger partial charge in [-0.25, -0.2) is 4.98 Å². The normalized spacial score (nSPS) is 17.7. The van der Waals surface area contributed by atoms with Crippen molar-refractivity contribution in [1.82, 2.24) is 9.88 Å². The minimum atomic E-state index is 0.507. The van der Waals surface area contributed by atoms with Crippen LogP contribution in [0.3, 0.4) is 0 Å². The van der Waals surface area contributed by atoms with Crippen LogP contribution in [0.25, 0.3) is 10.2 Å². The molecule has 0 radical (unpaired) electrons. The van der Waals surface area contributed by atoms with Crippen LogP contribution in [0.5, 0.6) is 0 Å². The number of likely N-dealkylation sites (tertiary alicyclic amines) is 1. The third kappa shape index (κ3) is 2.92. The van der Waals surface area contributed by atoms with Crippen LogP contribution < -0.4 is 5.32 Å². The minimum absolute atomic E-state index is 0.507. The first-order chi connectivity index (χ1) is 9.78. The Morgan fingerprint density at radius 1 is 1.40 bits per heavy atom. The standard InChI is InChI=1S/C15H20ClN3S/c1-2-7-19-8-5-11(6-9-19)18-14-12(16)3-4-13-15(14)17-10-20-13/h3-4,10-11,18H,2,5-9H2,1H3. The molecule has 0 bridgehead atoms. The van der Waals surface area contributed by atoms with Crippen LogP contribution in [0.2, 0.25) is 5.02 Å². The van der Waals surface area contributed by atoms with Gasteiger partial charge in [0.05, 0.1) is 20.9 Å². The lowest BCUT2D eigenvalue weighted by Crippen LogP contribution is -2.39. The Hall–Kier alpha value is -0.840. The summed E-state index contributed by atoms with van der Waals surface area (Å²) >= 11 is 8.01. The van der Waals surface area contributed by atoms with E-state index in [1.807, 2.05) is 17.6 Å². The average molecular weight is 310 g/mol. The van der Waals surface area contributed by atoms with E-state index in [9.17, 15) is 0 Å². The summed E-state index contributed by atoms with van der Waals surface area (Å²) in [6.07, 6.45) is 3.59. The van der Waals surface area contributed by atoms with Crippen molar-refractivity contribution in [3.05, 3.63) is 22.7 Å². The molecule has 20 heavy (non-hydrogen) atoms. The van der Waals surface area contributed by atoms with E-state index in [0.717, 1.165) is 16.2 Å². The molecular weight excluding hydrogens is 290 g/mol. The summed E-state index contributed by atoms with van der Waals surface area (Å²) in [7, 11) is 0. The number of halogens is 1. The first-order valence-electron chi connectivity index (χ1n) is 7.28. The van der Waals surface area contributed by atoms with Crippen LogP contribution in [-0.2, 0) is 0 Å². The van der Waals surface area contributed by atoms with Crippen molar-refractivity contribution in [3.63, 3.8) is 0 Å². The first-order valence-corrected chi connectivity index (χ1v) is 8.54. The van der Waals surface area contributed by atoms with E-state index in [1.54, 1.807) is 11.3 Å². The topological polar surface area (TPSA) is 28.2 Å². The lowest BCUT2D eigenvalue weighted by atomic mass is 10.0. The summed E-state index contributed by atoms with van der Waals surface area (Å²) in [5, 5.41) is 4.40. The quantitative estimate of drug-likeness (QED) is 0.915.